The SMILES string of the molecule is C[C@@H](NC(=O)c1ccsc1)C1=CCCCC1. The Morgan fingerprint density at radius 3 is 3.00 bits per heavy atom. The molecule has 0 fully saturated rings. The van der Waals surface area contributed by atoms with E-state index in [2.05, 4.69) is 18.3 Å². The minimum atomic E-state index is 0.0419. The third kappa shape index (κ3) is 2.73. The van der Waals surface area contributed by atoms with Gasteiger partial charge in [0.2, 0.25) is 0 Å². The summed E-state index contributed by atoms with van der Waals surface area (Å²) in [6.45, 7) is 2.07. The summed E-state index contributed by atoms with van der Waals surface area (Å²) in [4.78, 5) is 11.8. The van der Waals surface area contributed by atoms with E-state index in [-0.39, 0.29) is 11.9 Å². The van der Waals surface area contributed by atoms with Crippen LogP contribution in [0.5, 0.6) is 0 Å². The zero-order valence-electron chi connectivity index (χ0n) is 9.53. The second kappa shape index (κ2) is 5.30. The average Bonchev–Trinajstić information content (AvgIpc) is 2.83. The Morgan fingerprint density at radius 1 is 1.50 bits per heavy atom. The minimum absolute atomic E-state index is 0.0419. The van der Waals surface area contributed by atoms with Crippen molar-refractivity contribution in [1.29, 1.82) is 0 Å². The maximum atomic E-state index is 11.8. The lowest BCUT2D eigenvalue weighted by atomic mass is 9.94. The zero-order chi connectivity index (χ0) is 11.4. The molecule has 1 amide bonds. The van der Waals surface area contributed by atoms with Crippen LogP contribution in [0, 0.1) is 0 Å². The average molecular weight is 235 g/mol. The topological polar surface area (TPSA) is 29.1 Å². The molecule has 0 radical (unpaired) electrons. The Hall–Kier alpha value is -1.09. The molecule has 1 aromatic rings. The van der Waals surface area contributed by atoms with Crippen LogP contribution in [0.15, 0.2) is 28.5 Å². The maximum absolute atomic E-state index is 11.8. The Balaban J connectivity index is 1.94. The first kappa shape index (κ1) is 11.4. The van der Waals surface area contributed by atoms with Crippen molar-refractivity contribution >= 4 is 17.2 Å². The molecule has 1 aliphatic carbocycles. The molecule has 0 aliphatic heterocycles. The van der Waals surface area contributed by atoms with Gasteiger partial charge in [0.1, 0.15) is 0 Å². The van der Waals surface area contributed by atoms with Gasteiger partial charge in [-0.05, 0) is 44.1 Å². The summed E-state index contributed by atoms with van der Waals surface area (Å²) in [7, 11) is 0. The van der Waals surface area contributed by atoms with Crippen LogP contribution in [0.25, 0.3) is 0 Å². The molecule has 0 bridgehead atoms. The van der Waals surface area contributed by atoms with Gasteiger partial charge in [0.15, 0.2) is 0 Å². The van der Waals surface area contributed by atoms with Crippen LogP contribution in [-0.2, 0) is 0 Å². The molecule has 2 rings (SSSR count). The summed E-state index contributed by atoms with van der Waals surface area (Å²) in [5.41, 5.74) is 2.16. The normalized spacial score (nSPS) is 17.7. The van der Waals surface area contributed by atoms with Crippen molar-refractivity contribution in [2.24, 2.45) is 0 Å². The van der Waals surface area contributed by atoms with Gasteiger partial charge in [0.05, 0.1) is 5.56 Å². The molecule has 1 heterocycles. The largest absolute Gasteiger partial charge is 0.346 e. The van der Waals surface area contributed by atoms with Gasteiger partial charge in [0.25, 0.3) is 5.91 Å². The number of rotatable bonds is 3. The van der Waals surface area contributed by atoms with E-state index in [1.54, 1.807) is 11.3 Å². The summed E-state index contributed by atoms with van der Waals surface area (Å²) in [5.74, 6) is 0.0419. The van der Waals surface area contributed by atoms with Gasteiger partial charge in [-0.15, -0.1) is 0 Å². The quantitative estimate of drug-likeness (QED) is 0.800. The Morgan fingerprint density at radius 2 is 2.38 bits per heavy atom. The van der Waals surface area contributed by atoms with Crippen LogP contribution in [0.4, 0.5) is 0 Å². The Kier molecular flexibility index (Phi) is 3.78. The number of thiophene rings is 1. The minimum Gasteiger partial charge on any atom is -0.346 e. The molecule has 1 aliphatic rings. The Labute approximate surface area is 100 Å². The van der Waals surface area contributed by atoms with Gasteiger partial charge >= 0.3 is 0 Å². The number of amides is 1. The predicted octanol–water partition coefficient (Wildman–Crippen LogP) is 3.37. The first-order valence-electron chi connectivity index (χ1n) is 5.79. The van der Waals surface area contributed by atoms with Gasteiger partial charge in [-0.1, -0.05) is 11.6 Å². The van der Waals surface area contributed by atoms with Crippen molar-refractivity contribution in [3.63, 3.8) is 0 Å². The summed E-state index contributed by atoms with van der Waals surface area (Å²) in [6, 6.07) is 2.04. The predicted molar refractivity (Wildman–Crippen MR) is 67.8 cm³/mol. The van der Waals surface area contributed by atoms with Crippen molar-refractivity contribution in [1.82, 2.24) is 5.32 Å². The van der Waals surface area contributed by atoms with E-state index in [9.17, 15) is 4.79 Å². The number of nitrogens with one attached hydrogen (secondary N) is 1. The van der Waals surface area contributed by atoms with Gasteiger partial charge in [0, 0.05) is 11.4 Å². The molecule has 3 heteroatoms. The number of carbonyl (C=O) groups is 1. The number of allylic oxidation sites excluding steroid dienone is 1. The highest BCUT2D eigenvalue weighted by molar-refractivity contribution is 7.08. The van der Waals surface area contributed by atoms with Crippen LogP contribution in [0.1, 0.15) is 43.0 Å². The fourth-order valence-corrected chi connectivity index (χ4v) is 2.66. The highest BCUT2D eigenvalue weighted by atomic mass is 32.1. The standard InChI is InChI=1S/C13H17NOS/c1-10(11-5-3-2-4-6-11)14-13(15)12-7-8-16-9-12/h5,7-10H,2-4,6H2,1H3,(H,14,15)/t10-/m1/s1. The van der Waals surface area contributed by atoms with E-state index in [0.29, 0.717) is 0 Å². The second-order valence-electron chi connectivity index (χ2n) is 4.23. The third-order valence-corrected chi connectivity index (χ3v) is 3.70. The lowest BCUT2D eigenvalue weighted by Gasteiger charge is -2.20. The molecule has 2 nitrogen and oxygen atoms in total. The maximum Gasteiger partial charge on any atom is 0.252 e. The van der Waals surface area contributed by atoms with E-state index in [0.717, 1.165) is 18.4 Å². The molecular formula is C13H17NOS. The van der Waals surface area contributed by atoms with E-state index in [4.69, 9.17) is 0 Å². The first-order valence-corrected chi connectivity index (χ1v) is 6.73. The van der Waals surface area contributed by atoms with Gasteiger partial charge in [-0.3, -0.25) is 4.79 Å². The molecule has 1 N–H and O–H groups in total. The Bertz CT molecular complexity index is 381. The van der Waals surface area contributed by atoms with Gasteiger partial charge in [-0.2, -0.15) is 11.3 Å². The smallest absolute Gasteiger partial charge is 0.252 e. The molecule has 1 aromatic heterocycles. The van der Waals surface area contributed by atoms with E-state index < -0.39 is 0 Å². The van der Waals surface area contributed by atoms with Crippen LogP contribution in [-0.4, -0.2) is 11.9 Å². The second-order valence-corrected chi connectivity index (χ2v) is 5.01. The van der Waals surface area contributed by atoms with Crippen molar-refractivity contribution < 1.29 is 4.79 Å². The lowest BCUT2D eigenvalue weighted by Crippen LogP contribution is -2.34. The third-order valence-electron chi connectivity index (χ3n) is 3.01. The molecule has 86 valence electrons. The fourth-order valence-electron chi connectivity index (χ4n) is 2.02. The summed E-state index contributed by atoms with van der Waals surface area (Å²) in [5, 5.41) is 6.87. The van der Waals surface area contributed by atoms with E-state index >= 15 is 0 Å². The number of hydrogen-bond donors (Lipinski definition) is 1. The monoisotopic (exact) mass is 235 g/mol. The number of hydrogen-bond acceptors (Lipinski definition) is 2. The highest BCUT2D eigenvalue weighted by Gasteiger charge is 2.14. The molecule has 0 unspecified atom stereocenters. The summed E-state index contributed by atoms with van der Waals surface area (Å²) in [6.07, 6.45) is 7.11. The molecule has 1 atom stereocenters. The number of carbonyl (C=O) groups excluding carboxylic acids is 1. The van der Waals surface area contributed by atoms with Crippen molar-refractivity contribution in [2.45, 2.75) is 38.6 Å². The van der Waals surface area contributed by atoms with Crippen LogP contribution in [0.2, 0.25) is 0 Å². The summed E-state index contributed by atoms with van der Waals surface area (Å²) < 4.78 is 0. The summed E-state index contributed by atoms with van der Waals surface area (Å²) >= 11 is 1.56. The van der Waals surface area contributed by atoms with Crippen molar-refractivity contribution in [3.05, 3.63) is 34.0 Å². The van der Waals surface area contributed by atoms with E-state index in [1.165, 1.54) is 18.4 Å². The van der Waals surface area contributed by atoms with Gasteiger partial charge in [-0.25, -0.2) is 0 Å². The van der Waals surface area contributed by atoms with Crippen LogP contribution in [0.3, 0.4) is 0 Å². The molecule has 0 saturated carbocycles. The molecule has 0 saturated heterocycles. The van der Waals surface area contributed by atoms with Crippen LogP contribution < -0.4 is 5.32 Å². The van der Waals surface area contributed by atoms with Crippen molar-refractivity contribution in [2.75, 3.05) is 0 Å². The molecular weight excluding hydrogens is 218 g/mol. The van der Waals surface area contributed by atoms with Crippen molar-refractivity contribution in [3.8, 4) is 0 Å². The fraction of sp³-hybridized carbons (Fsp3) is 0.462. The lowest BCUT2D eigenvalue weighted by molar-refractivity contribution is 0.0945. The van der Waals surface area contributed by atoms with Crippen LogP contribution >= 0.6 is 11.3 Å². The zero-order valence-corrected chi connectivity index (χ0v) is 10.3. The van der Waals surface area contributed by atoms with E-state index in [1.807, 2.05) is 16.8 Å². The molecule has 0 spiro atoms. The van der Waals surface area contributed by atoms with Gasteiger partial charge < -0.3 is 5.32 Å². The highest BCUT2D eigenvalue weighted by Crippen LogP contribution is 2.20. The molecule has 0 aromatic carbocycles. The molecule has 16 heavy (non-hydrogen) atoms. The first-order chi connectivity index (χ1) is 7.77.